The Balaban J connectivity index is 2.00. The van der Waals surface area contributed by atoms with Gasteiger partial charge in [0.2, 0.25) is 0 Å². The predicted molar refractivity (Wildman–Crippen MR) is 72.2 cm³/mol. The van der Waals surface area contributed by atoms with Crippen molar-refractivity contribution < 1.29 is 9.47 Å². The molecule has 0 unspecified atom stereocenters. The summed E-state index contributed by atoms with van der Waals surface area (Å²) in [6, 6.07) is 18.0. The highest BCUT2D eigenvalue weighted by atomic mass is 16.5. The number of para-hydroxylation sites is 1. The first-order chi connectivity index (χ1) is 8.90. The minimum atomic E-state index is 0.465. The van der Waals surface area contributed by atoms with Gasteiger partial charge in [-0.3, -0.25) is 0 Å². The van der Waals surface area contributed by atoms with Crippen LogP contribution < -0.4 is 4.74 Å². The lowest BCUT2D eigenvalue weighted by molar-refractivity contribution is 0.143. The monoisotopic (exact) mass is 241 g/mol. The predicted octanol–water partition coefficient (Wildman–Crippen LogP) is 3.62. The van der Waals surface area contributed by atoms with Crippen molar-refractivity contribution in [3.8, 4) is 5.75 Å². The van der Waals surface area contributed by atoms with Crippen LogP contribution in [0.2, 0.25) is 0 Å². The van der Waals surface area contributed by atoms with Gasteiger partial charge < -0.3 is 9.47 Å². The second-order valence-electron chi connectivity index (χ2n) is 3.93. The average molecular weight is 241 g/mol. The summed E-state index contributed by atoms with van der Waals surface area (Å²) in [5.74, 6) is 0.870. The minimum Gasteiger partial charge on any atom is -0.489 e. The van der Waals surface area contributed by atoms with Gasteiger partial charge in [-0.25, -0.2) is 0 Å². The number of benzene rings is 2. The molecule has 93 valence electrons. The fraction of sp³-hybridized carbons (Fsp3) is 0.188. The van der Waals surface area contributed by atoms with Gasteiger partial charge in [0.25, 0.3) is 0 Å². The van der Waals surface area contributed by atoms with Crippen molar-refractivity contribution in [1.82, 2.24) is 0 Å². The molecule has 0 amide bonds. The second kappa shape index (κ2) is 6.82. The molecule has 1 radical (unpaired) electrons. The Hall–Kier alpha value is -1.80. The van der Waals surface area contributed by atoms with E-state index in [-0.39, 0.29) is 0 Å². The Bertz CT molecular complexity index is 466. The highest BCUT2D eigenvalue weighted by Crippen LogP contribution is 2.20. The summed E-state index contributed by atoms with van der Waals surface area (Å²) in [6.45, 7) is 5.23. The fourth-order valence-corrected chi connectivity index (χ4v) is 1.68. The third kappa shape index (κ3) is 3.60. The van der Waals surface area contributed by atoms with Crippen molar-refractivity contribution in [3.63, 3.8) is 0 Å². The summed E-state index contributed by atoms with van der Waals surface area (Å²) in [5.41, 5.74) is 2.21. The summed E-state index contributed by atoms with van der Waals surface area (Å²) in [5, 5.41) is 0. The van der Waals surface area contributed by atoms with E-state index in [1.807, 2.05) is 42.5 Å². The zero-order valence-corrected chi connectivity index (χ0v) is 10.3. The van der Waals surface area contributed by atoms with Crippen LogP contribution in [0.15, 0.2) is 54.6 Å². The van der Waals surface area contributed by atoms with Gasteiger partial charge in [0.1, 0.15) is 12.4 Å². The Kier molecular flexibility index (Phi) is 4.79. The molecule has 0 aliphatic heterocycles. The molecule has 2 aromatic carbocycles. The smallest absolute Gasteiger partial charge is 0.125 e. The SMILES string of the molecule is [CH2]COCc1ccccc1OCc1ccccc1. The third-order valence-electron chi connectivity index (χ3n) is 2.61. The van der Waals surface area contributed by atoms with Gasteiger partial charge >= 0.3 is 0 Å². The van der Waals surface area contributed by atoms with Crippen LogP contribution >= 0.6 is 0 Å². The van der Waals surface area contributed by atoms with Crippen LogP contribution in [0, 0.1) is 6.92 Å². The van der Waals surface area contributed by atoms with Crippen LogP contribution in [0.5, 0.6) is 5.75 Å². The highest BCUT2D eigenvalue weighted by molar-refractivity contribution is 5.33. The molecule has 0 aliphatic rings. The molecule has 0 fully saturated rings. The van der Waals surface area contributed by atoms with E-state index in [9.17, 15) is 0 Å². The maximum atomic E-state index is 5.82. The van der Waals surface area contributed by atoms with E-state index >= 15 is 0 Å². The van der Waals surface area contributed by atoms with Gasteiger partial charge in [0, 0.05) is 12.2 Å². The van der Waals surface area contributed by atoms with E-state index in [1.54, 1.807) is 0 Å². The van der Waals surface area contributed by atoms with Crippen LogP contribution in [0.25, 0.3) is 0 Å². The molecule has 0 aromatic heterocycles. The van der Waals surface area contributed by atoms with Crippen LogP contribution in [-0.2, 0) is 18.0 Å². The first-order valence-corrected chi connectivity index (χ1v) is 6.02. The normalized spacial score (nSPS) is 10.3. The number of rotatable bonds is 6. The van der Waals surface area contributed by atoms with Gasteiger partial charge in [-0.05, 0) is 18.6 Å². The van der Waals surface area contributed by atoms with E-state index in [0.717, 1.165) is 16.9 Å². The molecular weight excluding hydrogens is 224 g/mol. The second-order valence-corrected chi connectivity index (χ2v) is 3.93. The maximum Gasteiger partial charge on any atom is 0.125 e. The van der Waals surface area contributed by atoms with Crippen molar-refractivity contribution in [2.24, 2.45) is 0 Å². The standard InChI is InChI=1S/C16H17O2/c1-2-17-13-15-10-6-7-11-16(15)18-12-14-8-4-3-5-9-14/h3-11H,1-2,12-13H2. The first kappa shape index (κ1) is 12.7. The average Bonchev–Trinajstić information content (AvgIpc) is 2.45. The lowest BCUT2D eigenvalue weighted by Crippen LogP contribution is -2.00. The van der Waals surface area contributed by atoms with Gasteiger partial charge in [-0.15, -0.1) is 0 Å². The number of hydrogen-bond acceptors (Lipinski definition) is 2. The van der Waals surface area contributed by atoms with E-state index in [2.05, 4.69) is 19.1 Å². The molecule has 0 atom stereocenters. The zero-order chi connectivity index (χ0) is 12.6. The van der Waals surface area contributed by atoms with Gasteiger partial charge in [0.15, 0.2) is 0 Å². The van der Waals surface area contributed by atoms with Crippen LogP contribution in [0.1, 0.15) is 11.1 Å². The van der Waals surface area contributed by atoms with Crippen molar-refractivity contribution >= 4 is 0 Å². The molecule has 2 nitrogen and oxygen atoms in total. The highest BCUT2D eigenvalue weighted by Gasteiger charge is 2.03. The molecule has 0 spiro atoms. The Labute approximate surface area is 108 Å². The van der Waals surface area contributed by atoms with E-state index < -0.39 is 0 Å². The van der Waals surface area contributed by atoms with Crippen LogP contribution in [-0.4, -0.2) is 6.61 Å². The Morgan fingerprint density at radius 3 is 2.33 bits per heavy atom. The zero-order valence-electron chi connectivity index (χ0n) is 10.3. The fourth-order valence-electron chi connectivity index (χ4n) is 1.68. The van der Waals surface area contributed by atoms with Crippen LogP contribution in [0.3, 0.4) is 0 Å². The van der Waals surface area contributed by atoms with Crippen LogP contribution in [0.4, 0.5) is 0 Å². The quantitative estimate of drug-likeness (QED) is 0.769. The number of hydrogen-bond donors (Lipinski definition) is 0. The molecule has 0 bridgehead atoms. The Morgan fingerprint density at radius 2 is 1.56 bits per heavy atom. The van der Waals surface area contributed by atoms with Gasteiger partial charge in [0.05, 0.1) is 6.61 Å². The first-order valence-electron chi connectivity index (χ1n) is 6.02. The topological polar surface area (TPSA) is 18.5 Å². The third-order valence-corrected chi connectivity index (χ3v) is 2.61. The molecule has 0 N–H and O–H groups in total. The summed E-state index contributed by atoms with van der Waals surface area (Å²) in [4.78, 5) is 0. The van der Waals surface area contributed by atoms with E-state index in [4.69, 9.17) is 9.47 Å². The minimum absolute atomic E-state index is 0.465. The maximum absolute atomic E-state index is 5.82. The molecule has 2 heteroatoms. The summed E-state index contributed by atoms with van der Waals surface area (Å²) in [6.07, 6.45) is 0. The van der Waals surface area contributed by atoms with Crippen molar-refractivity contribution in [2.75, 3.05) is 6.61 Å². The van der Waals surface area contributed by atoms with Gasteiger partial charge in [-0.1, -0.05) is 48.5 Å². The molecular formula is C16H17O2. The van der Waals surface area contributed by atoms with Gasteiger partial charge in [-0.2, -0.15) is 0 Å². The van der Waals surface area contributed by atoms with E-state index in [1.165, 1.54) is 0 Å². The summed E-state index contributed by atoms with van der Waals surface area (Å²) >= 11 is 0. The molecule has 0 saturated carbocycles. The lowest BCUT2D eigenvalue weighted by atomic mass is 10.2. The molecule has 0 aliphatic carbocycles. The molecule has 18 heavy (non-hydrogen) atoms. The lowest BCUT2D eigenvalue weighted by Gasteiger charge is -2.11. The molecule has 0 heterocycles. The molecule has 0 saturated heterocycles. The van der Waals surface area contributed by atoms with E-state index in [0.29, 0.717) is 19.8 Å². The molecule has 2 rings (SSSR count). The van der Waals surface area contributed by atoms with Crippen molar-refractivity contribution in [1.29, 1.82) is 0 Å². The molecule has 2 aromatic rings. The Morgan fingerprint density at radius 1 is 0.833 bits per heavy atom. The summed E-state index contributed by atoms with van der Waals surface area (Å²) in [7, 11) is 0. The largest absolute Gasteiger partial charge is 0.489 e. The van der Waals surface area contributed by atoms with Crippen molar-refractivity contribution in [2.45, 2.75) is 13.2 Å². The number of ether oxygens (including phenoxy) is 2. The summed E-state index contributed by atoms with van der Waals surface area (Å²) < 4.78 is 11.1. The van der Waals surface area contributed by atoms with Crippen molar-refractivity contribution in [3.05, 3.63) is 72.6 Å².